The molecule has 0 aliphatic carbocycles. The molecular weight excluding hydrogens is 293 g/mol. The normalized spacial score (nSPS) is 12.2. The largest absolute Gasteiger partial charge is 0.508 e. The van der Waals surface area contributed by atoms with Gasteiger partial charge in [0.2, 0.25) is 0 Å². The molecule has 0 bridgehead atoms. The van der Waals surface area contributed by atoms with Gasteiger partial charge in [0.05, 0.1) is 17.0 Å². The van der Waals surface area contributed by atoms with Crippen molar-refractivity contribution in [3.8, 4) is 5.75 Å². The monoisotopic (exact) mass is 305 g/mol. The van der Waals surface area contributed by atoms with Crippen LogP contribution in [0.5, 0.6) is 5.75 Å². The highest BCUT2D eigenvalue weighted by atomic mass is 79.9. The number of halogens is 2. The van der Waals surface area contributed by atoms with E-state index in [1.807, 2.05) is 0 Å². The zero-order valence-corrected chi connectivity index (χ0v) is 10.8. The maximum Gasteiger partial charge on any atom is 0.254 e. The summed E-state index contributed by atoms with van der Waals surface area (Å²) in [5, 5.41) is 11.6. The highest BCUT2D eigenvalue weighted by molar-refractivity contribution is 9.09. The van der Waals surface area contributed by atoms with E-state index in [4.69, 9.17) is 9.84 Å². The van der Waals surface area contributed by atoms with Crippen LogP contribution in [-0.4, -0.2) is 36.1 Å². The molecule has 1 aromatic rings. The van der Waals surface area contributed by atoms with Gasteiger partial charge in [-0.2, -0.15) is 0 Å². The van der Waals surface area contributed by atoms with E-state index < -0.39 is 11.7 Å². The average Bonchev–Trinajstić information content (AvgIpc) is 2.26. The molecule has 4 nitrogen and oxygen atoms in total. The van der Waals surface area contributed by atoms with Crippen LogP contribution in [0.25, 0.3) is 0 Å². The number of hydrogen-bond donors (Lipinski definition) is 2. The van der Waals surface area contributed by atoms with E-state index in [1.165, 1.54) is 12.1 Å². The Hall–Kier alpha value is -1.14. The minimum atomic E-state index is -0.750. The lowest BCUT2D eigenvalue weighted by atomic mass is 10.2. The van der Waals surface area contributed by atoms with Gasteiger partial charge < -0.3 is 15.2 Å². The summed E-state index contributed by atoms with van der Waals surface area (Å²) in [5.41, 5.74) is -0.0973. The fraction of sp³-hybridized carbons (Fsp3) is 0.364. The molecule has 1 unspecified atom stereocenters. The number of benzene rings is 1. The van der Waals surface area contributed by atoms with Crippen molar-refractivity contribution in [2.24, 2.45) is 0 Å². The third-order valence-electron chi connectivity index (χ3n) is 2.03. The lowest BCUT2D eigenvalue weighted by Gasteiger charge is -2.10. The molecule has 1 atom stereocenters. The first-order valence-electron chi connectivity index (χ1n) is 4.94. The van der Waals surface area contributed by atoms with Crippen LogP contribution in [0, 0.1) is 5.82 Å². The third-order valence-corrected chi connectivity index (χ3v) is 2.62. The van der Waals surface area contributed by atoms with E-state index in [9.17, 15) is 9.18 Å². The van der Waals surface area contributed by atoms with Crippen molar-refractivity contribution in [1.82, 2.24) is 5.32 Å². The molecule has 2 N–H and O–H groups in total. The predicted molar refractivity (Wildman–Crippen MR) is 65.0 cm³/mol. The highest BCUT2D eigenvalue weighted by Crippen LogP contribution is 2.14. The van der Waals surface area contributed by atoms with Crippen LogP contribution in [0.4, 0.5) is 4.39 Å². The quantitative estimate of drug-likeness (QED) is 0.814. The number of carbonyl (C=O) groups excluding carboxylic acids is 1. The van der Waals surface area contributed by atoms with E-state index in [0.29, 0.717) is 13.2 Å². The predicted octanol–water partition coefficient (Wildman–Crippen LogP) is 1.67. The molecule has 0 radical (unpaired) electrons. The van der Waals surface area contributed by atoms with Crippen LogP contribution in [0.1, 0.15) is 10.4 Å². The summed E-state index contributed by atoms with van der Waals surface area (Å²) in [4.78, 5) is 11.6. The van der Waals surface area contributed by atoms with E-state index in [2.05, 4.69) is 21.2 Å². The zero-order valence-electron chi connectivity index (χ0n) is 9.24. The van der Waals surface area contributed by atoms with Crippen molar-refractivity contribution in [3.63, 3.8) is 0 Å². The Labute approximate surface area is 107 Å². The van der Waals surface area contributed by atoms with Gasteiger partial charge in [0, 0.05) is 19.7 Å². The molecule has 0 saturated carbocycles. The van der Waals surface area contributed by atoms with Crippen molar-refractivity contribution < 1.29 is 19.0 Å². The van der Waals surface area contributed by atoms with Crippen LogP contribution >= 0.6 is 15.9 Å². The molecule has 0 heterocycles. The van der Waals surface area contributed by atoms with Crippen molar-refractivity contribution >= 4 is 21.8 Å². The molecular formula is C11H13BrFNO3. The highest BCUT2D eigenvalue weighted by Gasteiger charge is 2.13. The van der Waals surface area contributed by atoms with Crippen LogP contribution in [0.3, 0.4) is 0 Å². The summed E-state index contributed by atoms with van der Waals surface area (Å²) in [5.74, 6) is -1.49. The number of methoxy groups -OCH3 is 1. The van der Waals surface area contributed by atoms with Gasteiger partial charge in [-0.25, -0.2) is 4.39 Å². The number of ether oxygens (including phenoxy) is 1. The number of hydrogen-bond acceptors (Lipinski definition) is 3. The Balaban J connectivity index is 2.58. The SMILES string of the molecule is COCC(Br)CNC(=O)c1ccc(O)cc1F. The van der Waals surface area contributed by atoms with Crippen molar-refractivity contribution in [2.45, 2.75) is 4.83 Å². The van der Waals surface area contributed by atoms with Crippen molar-refractivity contribution in [3.05, 3.63) is 29.6 Å². The first-order chi connectivity index (χ1) is 8.04. The first kappa shape index (κ1) is 13.9. The summed E-state index contributed by atoms with van der Waals surface area (Å²) >= 11 is 3.30. The minimum absolute atomic E-state index is 0.0309. The van der Waals surface area contributed by atoms with E-state index in [0.717, 1.165) is 6.07 Å². The van der Waals surface area contributed by atoms with Gasteiger partial charge in [-0.1, -0.05) is 15.9 Å². The van der Waals surface area contributed by atoms with Crippen LogP contribution in [0.15, 0.2) is 18.2 Å². The second-order valence-electron chi connectivity index (χ2n) is 3.43. The van der Waals surface area contributed by atoms with E-state index in [-0.39, 0.29) is 16.1 Å². The van der Waals surface area contributed by atoms with Gasteiger partial charge in [0.25, 0.3) is 5.91 Å². The molecule has 0 aliphatic rings. The van der Waals surface area contributed by atoms with E-state index in [1.54, 1.807) is 7.11 Å². The topological polar surface area (TPSA) is 58.6 Å². The minimum Gasteiger partial charge on any atom is -0.508 e. The van der Waals surface area contributed by atoms with Gasteiger partial charge >= 0.3 is 0 Å². The second kappa shape index (κ2) is 6.56. The third kappa shape index (κ3) is 4.32. The maximum absolute atomic E-state index is 13.3. The molecule has 0 spiro atoms. The smallest absolute Gasteiger partial charge is 0.254 e. The number of phenolic OH excluding ortho intramolecular Hbond substituents is 1. The second-order valence-corrected chi connectivity index (χ2v) is 4.72. The molecule has 94 valence electrons. The summed E-state index contributed by atoms with van der Waals surface area (Å²) in [6.07, 6.45) is 0. The summed E-state index contributed by atoms with van der Waals surface area (Å²) < 4.78 is 18.2. The van der Waals surface area contributed by atoms with Gasteiger partial charge in [-0.15, -0.1) is 0 Å². The zero-order chi connectivity index (χ0) is 12.8. The summed E-state index contributed by atoms with van der Waals surface area (Å²) in [7, 11) is 1.55. The molecule has 0 fully saturated rings. The molecule has 1 rings (SSSR count). The van der Waals surface area contributed by atoms with Gasteiger partial charge in [-0.05, 0) is 12.1 Å². The van der Waals surface area contributed by atoms with Gasteiger partial charge in [0.15, 0.2) is 0 Å². The number of carbonyl (C=O) groups is 1. The maximum atomic E-state index is 13.3. The Morgan fingerprint density at radius 3 is 2.94 bits per heavy atom. The van der Waals surface area contributed by atoms with Gasteiger partial charge in [-0.3, -0.25) is 4.79 Å². The van der Waals surface area contributed by atoms with Crippen LogP contribution in [-0.2, 0) is 4.74 Å². The van der Waals surface area contributed by atoms with Crippen molar-refractivity contribution in [2.75, 3.05) is 20.3 Å². The number of alkyl halides is 1. The molecule has 0 aliphatic heterocycles. The van der Waals surface area contributed by atoms with Crippen LogP contribution < -0.4 is 5.32 Å². The Morgan fingerprint density at radius 1 is 1.65 bits per heavy atom. The Morgan fingerprint density at radius 2 is 2.35 bits per heavy atom. The molecule has 6 heteroatoms. The Kier molecular flexibility index (Phi) is 5.37. The lowest BCUT2D eigenvalue weighted by Crippen LogP contribution is -2.31. The standard InChI is InChI=1S/C11H13BrFNO3/c1-17-6-7(12)5-14-11(16)9-3-2-8(15)4-10(9)13/h2-4,7,15H,5-6H2,1H3,(H,14,16). The molecule has 1 amide bonds. The molecule has 0 saturated heterocycles. The van der Waals surface area contributed by atoms with Crippen LogP contribution in [0.2, 0.25) is 0 Å². The average molecular weight is 306 g/mol. The number of aromatic hydroxyl groups is 1. The fourth-order valence-corrected chi connectivity index (χ4v) is 1.65. The lowest BCUT2D eigenvalue weighted by molar-refractivity contribution is 0.0946. The molecule has 17 heavy (non-hydrogen) atoms. The summed E-state index contributed by atoms with van der Waals surface area (Å²) in [6.45, 7) is 0.769. The molecule has 1 aromatic carbocycles. The van der Waals surface area contributed by atoms with Gasteiger partial charge in [0.1, 0.15) is 11.6 Å². The number of rotatable bonds is 5. The summed E-state index contributed by atoms with van der Waals surface area (Å²) in [6, 6.07) is 3.40. The Bertz CT molecular complexity index is 400. The van der Waals surface area contributed by atoms with E-state index >= 15 is 0 Å². The molecule has 0 aromatic heterocycles. The number of phenols is 1. The number of amides is 1. The van der Waals surface area contributed by atoms with Crippen molar-refractivity contribution in [1.29, 1.82) is 0 Å². The first-order valence-corrected chi connectivity index (χ1v) is 5.86. The number of nitrogens with one attached hydrogen (secondary N) is 1. The fourth-order valence-electron chi connectivity index (χ4n) is 1.23.